The summed E-state index contributed by atoms with van der Waals surface area (Å²) in [6, 6.07) is 21.5. The molecule has 0 heterocycles. The molecule has 3 aromatic rings. The second kappa shape index (κ2) is 14.0. The molecule has 0 aliphatic heterocycles. The Morgan fingerprint density at radius 2 is 1.68 bits per heavy atom. The van der Waals surface area contributed by atoms with Gasteiger partial charge in [0.2, 0.25) is 0 Å². The Labute approximate surface area is 222 Å². The fraction of sp³-hybridized carbons (Fsp3) is 0.276. The number of hydrogen-bond donors (Lipinski definition) is 2. The Morgan fingerprint density at radius 3 is 2.35 bits per heavy atom. The number of halogens is 1. The van der Waals surface area contributed by atoms with Crippen LogP contribution in [0.25, 0.3) is 0 Å². The monoisotopic (exact) mass is 521 g/mol. The van der Waals surface area contributed by atoms with Crippen LogP contribution in [0.2, 0.25) is 5.02 Å². The summed E-state index contributed by atoms with van der Waals surface area (Å²) in [5, 5.41) is 7.49. The molecule has 0 bridgehead atoms. The van der Waals surface area contributed by atoms with Crippen LogP contribution in [0.4, 0.5) is 0 Å². The lowest BCUT2D eigenvalue weighted by atomic mass is 10.0. The van der Waals surface area contributed by atoms with Crippen LogP contribution < -0.4 is 20.2 Å². The highest BCUT2D eigenvalue weighted by Gasteiger charge is 2.22. The molecule has 7 nitrogen and oxygen atoms in total. The van der Waals surface area contributed by atoms with Gasteiger partial charge in [-0.25, -0.2) is 5.43 Å². The molecule has 2 N–H and O–H groups in total. The molecule has 0 aliphatic rings. The van der Waals surface area contributed by atoms with Crippen molar-refractivity contribution >= 4 is 29.6 Å². The fourth-order valence-electron chi connectivity index (χ4n) is 3.45. The lowest BCUT2D eigenvalue weighted by Gasteiger charge is -2.19. The number of nitrogens with zero attached hydrogens (tertiary/aromatic N) is 1. The minimum atomic E-state index is -0.728. The van der Waals surface area contributed by atoms with E-state index in [1.54, 1.807) is 6.07 Å². The molecule has 0 spiro atoms. The van der Waals surface area contributed by atoms with E-state index in [0.717, 1.165) is 16.7 Å². The van der Waals surface area contributed by atoms with Crippen LogP contribution in [-0.2, 0) is 16.2 Å². The summed E-state index contributed by atoms with van der Waals surface area (Å²) in [5.74, 6) is 0.773. The van der Waals surface area contributed by atoms with Crippen molar-refractivity contribution in [2.24, 2.45) is 11.0 Å². The lowest BCUT2D eigenvalue weighted by Crippen LogP contribution is -2.47. The Bertz CT molecular complexity index is 1190. The standard InChI is InChI=1S/C29H32ClN3O4/c1-20(2)16-26(32-28(34)19-37-27-7-5-4-6-21(27)3)29(35)33-31-17-22-10-14-25(15-11-22)36-18-23-8-12-24(30)13-9-23/h4-15,17,20,26H,16,18-19H2,1-3H3,(H,32,34)(H,33,35)/b31-17-/t26-/m1/s1. The first-order chi connectivity index (χ1) is 17.8. The number of carbonyl (C=O) groups excluding carboxylic acids is 2. The topological polar surface area (TPSA) is 89.0 Å². The van der Waals surface area contributed by atoms with Crippen LogP contribution in [0.15, 0.2) is 77.9 Å². The molecule has 194 valence electrons. The number of benzene rings is 3. The van der Waals surface area contributed by atoms with Gasteiger partial charge in [0, 0.05) is 5.02 Å². The van der Waals surface area contributed by atoms with Gasteiger partial charge in [-0.15, -0.1) is 0 Å². The molecule has 0 saturated carbocycles. The van der Waals surface area contributed by atoms with Gasteiger partial charge in [0.1, 0.15) is 24.1 Å². The highest BCUT2D eigenvalue weighted by molar-refractivity contribution is 6.30. The molecule has 0 radical (unpaired) electrons. The van der Waals surface area contributed by atoms with Crippen LogP contribution >= 0.6 is 11.6 Å². The minimum Gasteiger partial charge on any atom is -0.489 e. The first kappa shape index (κ1) is 27.7. The van der Waals surface area contributed by atoms with E-state index in [9.17, 15) is 9.59 Å². The van der Waals surface area contributed by atoms with E-state index in [2.05, 4.69) is 15.8 Å². The predicted octanol–water partition coefficient (Wildman–Crippen LogP) is 5.29. The van der Waals surface area contributed by atoms with E-state index in [1.807, 2.05) is 87.5 Å². The van der Waals surface area contributed by atoms with Crippen molar-refractivity contribution in [2.75, 3.05) is 6.61 Å². The molecule has 0 saturated heterocycles. The van der Waals surface area contributed by atoms with Crippen molar-refractivity contribution in [3.05, 3.63) is 94.5 Å². The first-order valence-corrected chi connectivity index (χ1v) is 12.5. The number of hydrogen-bond acceptors (Lipinski definition) is 5. The summed E-state index contributed by atoms with van der Waals surface area (Å²) >= 11 is 5.90. The third-order valence-electron chi connectivity index (χ3n) is 5.40. The van der Waals surface area contributed by atoms with Crippen molar-refractivity contribution in [3.63, 3.8) is 0 Å². The van der Waals surface area contributed by atoms with Gasteiger partial charge < -0.3 is 14.8 Å². The van der Waals surface area contributed by atoms with Gasteiger partial charge in [0.25, 0.3) is 11.8 Å². The van der Waals surface area contributed by atoms with Gasteiger partial charge in [-0.05, 0) is 78.4 Å². The van der Waals surface area contributed by atoms with Crippen molar-refractivity contribution in [2.45, 2.75) is 39.8 Å². The summed E-state index contributed by atoms with van der Waals surface area (Å²) in [5.41, 5.74) is 5.26. The normalized spacial score (nSPS) is 11.8. The molecule has 3 aromatic carbocycles. The number of para-hydroxylation sites is 1. The molecule has 0 aromatic heterocycles. The maximum atomic E-state index is 12.7. The van der Waals surface area contributed by atoms with Crippen LogP contribution in [-0.4, -0.2) is 30.7 Å². The first-order valence-electron chi connectivity index (χ1n) is 12.1. The smallest absolute Gasteiger partial charge is 0.262 e. The van der Waals surface area contributed by atoms with Gasteiger partial charge in [0.15, 0.2) is 6.61 Å². The summed E-state index contributed by atoms with van der Waals surface area (Å²) in [4.78, 5) is 25.2. The summed E-state index contributed by atoms with van der Waals surface area (Å²) in [6.07, 6.45) is 2.01. The summed E-state index contributed by atoms with van der Waals surface area (Å²) in [6.45, 7) is 6.12. The molecule has 37 heavy (non-hydrogen) atoms. The van der Waals surface area contributed by atoms with E-state index < -0.39 is 11.9 Å². The molecule has 8 heteroatoms. The van der Waals surface area contributed by atoms with E-state index in [0.29, 0.717) is 29.5 Å². The number of ether oxygens (including phenoxy) is 2. The van der Waals surface area contributed by atoms with Crippen molar-refractivity contribution < 1.29 is 19.1 Å². The average molecular weight is 522 g/mol. The van der Waals surface area contributed by atoms with Gasteiger partial charge >= 0.3 is 0 Å². The molecular weight excluding hydrogens is 490 g/mol. The SMILES string of the molecule is Cc1ccccc1OCC(=O)N[C@H](CC(C)C)C(=O)N/N=C\c1ccc(OCc2ccc(Cl)cc2)cc1. The van der Waals surface area contributed by atoms with Crippen molar-refractivity contribution in [1.82, 2.24) is 10.7 Å². The quantitative estimate of drug-likeness (QED) is 0.250. The molecule has 3 rings (SSSR count). The van der Waals surface area contributed by atoms with Gasteiger partial charge in [-0.2, -0.15) is 5.10 Å². The van der Waals surface area contributed by atoms with Gasteiger partial charge in [0.05, 0.1) is 6.21 Å². The number of nitrogens with one attached hydrogen (secondary N) is 2. The van der Waals surface area contributed by atoms with Crippen LogP contribution in [0.1, 0.15) is 37.0 Å². The molecule has 1 atom stereocenters. The minimum absolute atomic E-state index is 0.178. The molecule has 0 aliphatic carbocycles. The van der Waals surface area contributed by atoms with E-state index in [1.165, 1.54) is 6.21 Å². The van der Waals surface area contributed by atoms with Crippen LogP contribution in [0, 0.1) is 12.8 Å². The van der Waals surface area contributed by atoms with E-state index in [-0.39, 0.29) is 18.4 Å². The number of hydrazone groups is 1. The fourth-order valence-corrected chi connectivity index (χ4v) is 3.57. The largest absolute Gasteiger partial charge is 0.489 e. The Kier molecular flexibility index (Phi) is 10.5. The molecule has 0 unspecified atom stereocenters. The van der Waals surface area contributed by atoms with Crippen LogP contribution in [0.5, 0.6) is 11.5 Å². The molecule has 0 fully saturated rings. The predicted molar refractivity (Wildman–Crippen MR) is 146 cm³/mol. The zero-order valence-electron chi connectivity index (χ0n) is 21.2. The molecule has 2 amide bonds. The lowest BCUT2D eigenvalue weighted by molar-refractivity contribution is -0.130. The van der Waals surface area contributed by atoms with Gasteiger partial charge in [-0.3, -0.25) is 9.59 Å². The van der Waals surface area contributed by atoms with Crippen molar-refractivity contribution in [1.29, 1.82) is 0 Å². The summed E-state index contributed by atoms with van der Waals surface area (Å²) < 4.78 is 11.4. The maximum absolute atomic E-state index is 12.7. The second-order valence-corrected chi connectivity index (χ2v) is 9.46. The average Bonchev–Trinajstić information content (AvgIpc) is 2.88. The third kappa shape index (κ3) is 9.61. The summed E-state index contributed by atoms with van der Waals surface area (Å²) in [7, 11) is 0. The molecular formula is C29H32ClN3O4. The van der Waals surface area contributed by atoms with Crippen LogP contribution in [0.3, 0.4) is 0 Å². The number of carbonyl (C=O) groups is 2. The Morgan fingerprint density at radius 1 is 0.973 bits per heavy atom. The number of amides is 2. The Balaban J connectivity index is 1.48. The van der Waals surface area contributed by atoms with E-state index in [4.69, 9.17) is 21.1 Å². The van der Waals surface area contributed by atoms with Crippen molar-refractivity contribution in [3.8, 4) is 11.5 Å². The number of aryl methyl sites for hydroxylation is 1. The van der Waals surface area contributed by atoms with Gasteiger partial charge in [-0.1, -0.05) is 55.8 Å². The Hall–Kier alpha value is -3.84. The third-order valence-corrected chi connectivity index (χ3v) is 5.65. The zero-order valence-corrected chi connectivity index (χ0v) is 22.0. The number of rotatable bonds is 12. The second-order valence-electron chi connectivity index (χ2n) is 9.02. The maximum Gasteiger partial charge on any atom is 0.262 e. The highest BCUT2D eigenvalue weighted by Crippen LogP contribution is 2.17. The zero-order chi connectivity index (χ0) is 26.6. The highest BCUT2D eigenvalue weighted by atomic mass is 35.5. The van der Waals surface area contributed by atoms with E-state index >= 15 is 0 Å².